The van der Waals surface area contributed by atoms with Crippen LogP contribution in [0, 0.1) is 23.2 Å². The largest absolute Gasteiger partial charge is 0.459 e. The molecule has 0 N–H and O–H groups in total. The molecule has 0 bridgehead atoms. The predicted octanol–water partition coefficient (Wildman–Crippen LogP) is 1.59. The van der Waals surface area contributed by atoms with Crippen molar-refractivity contribution in [1.82, 2.24) is 0 Å². The van der Waals surface area contributed by atoms with E-state index in [4.69, 9.17) is 14.2 Å². The van der Waals surface area contributed by atoms with E-state index in [2.05, 4.69) is 6.58 Å². The monoisotopic (exact) mass is 346 g/mol. The molecule has 0 unspecified atom stereocenters. The molecular formula is C19H22O6. The Morgan fingerprint density at radius 3 is 2.68 bits per heavy atom. The molecule has 0 amide bonds. The Bertz CT molecular complexity index is 717. The lowest BCUT2D eigenvalue weighted by atomic mass is 9.68. The average molecular weight is 346 g/mol. The molecule has 3 fully saturated rings. The molecule has 4 rings (SSSR count). The third-order valence-corrected chi connectivity index (χ3v) is 6.38. The first kappa shape index (κ1) is 16.5. The Labute approximate surface area is 146 Å². The highest BCUT2D eigenvalue weighted by Gasteiger charge is 2.63. The Morgan fingerprint density at radius 1 is 1.36 bits per heavy atom. The van der Waals surface area contributed by atoms with Crippen molar-refractivity contribution < 1.29 is 28.6 Å². The van der Waals surface area contributed by atoms with Crippen molar-refractivity contribution in [2.24, 2.45) is 23.2 Å². The van der Waals surface area contributed by atoms with Gasteiger partial charge in [-0.3, -0.25) is 4.79 Å². The second-order valence-corrected chi connectivity index (χ2v) is 8.09. The number of carbonyl (C=O) groups is 3. The molecule has 2 saturated heterocycles. The molecule has 7 atom stereocenters. The van der Waals surface area contributed by atoms with Gasteiger partial charge in [-0.2, -0.15) is 0 Å². The average Bonchev–Trinajstić information content (AvgIpc) is 3.15. The van der Waals surface area contributed by atoms with Gasteiger partial charge in [-0.05, 0) is 38.2 Å². The summed E-state index contributed by atoms with van der Waals surface area (Å²) in [6, 6.07) is 0. The summed E-state index contributed by atoms with van der Waals surface area (Å²) in [6.07, 6.45) is 2.79. The molecule has 0 aromatic carbocycles. The number of carbonyl (C=O) groups excluding carboxylic acids is 3. The van der Waals surface area contributed by atoms with Gasteiger partial charge in [0, 0.05) is 5.57 Å². The van der Waals surface area contributed by atoms with E-state index in [1.54, 1.807) is 13.0 Å². The fourth-order valence-corrected chi connectivity index (χ4v) is 4.61. The van der Waals surface area contributed by atoms with E-state index in [-0.39, 0.29) is 23.2 Å². The third-order valence-electron chi connectivity index (χ3n) is 6.38. The molecule has 2 heterocycles. The van der Waals surface area contributed by atoms with Crippen molar-refractivity contribution in [2.75, 3.05) is 6.61 Å². The lowest BCUT2D eigenvalue weighted by Crippen LogP contribution is -2.46. The molecule has 6 heteroatoms. The van der Waals surface area contributed by atoms with E-state index in [1.165, 1.54) is 0 Å². The number of rotatable bonds is 2. The van der Waals surface area contributed by atoms with Crippen LogP contribution in [0.2, 0.25) is 0 Å². The van der Waals surface area contributed by atoms with E-state index < -0.39 is 41.1 Å². The first-order valence-electron chi connectivity index (χ1n) is 8.66. The Kier molecular flexibility index (Phi) is 3.33. The number of ether oxygens (including phenoxy) is 3. The predicted molar refractivity (Wildman–Crippen MR) is 86.3 cm³/mol. The van der Waals surface area contributed by atoms with Crippen molar-refractivity contribution in [3.8, 4) is 0 Å². The minimum atomic E-state index is -0.897. The standard InChI is InChI=1S/C19H22O6/c1-9-7-12(24-17(22)18(3)8-23-18)14-10(2)16(21)25-15(14)19(4)11(9)5-6-13(19)20/h5-6,9,11-12,14-15H,2,7-8H2,1,3-4H3/t9-,11+,12+,14+,15-,18+,19+/m1/s1. The minimum absolute atomic E-state index is 0.0497. The highest BCUT2D eigenvalue weighted by Crippen LogP contribution is 2.55. The summed E-state index contributed by atoms with van der Waals surface area (Å²) >= 11 is 0. The summed E-state index contributed by atoms with van der Waals surface area (Å²) in [7, 11) is 0. The fourth-order valence-electron chi connectivity index (χ4n) is 4.61. The van der Waals surface area contributed by atoms with Crippen molar-refractivity contribution in [1.29, 1.82) is 0 Å². The lowest BCUT2D eigenvalue weighted by Gasteiger charge is -2.36. The zero-order valence-electron chi connectivity index (χ0n) is 14.6. The molecule has 0 spiro atoms. The third kappa shape index (κ3) is 2.16. The van der Waals surface area contributed by atoms with E-state index in [0.717, 1.165) is 0 Å². The van der Waals surface area contributed by atoms with Gasteiger partial charge in [-0.1, -0.05) is 19.6 Å². The summed E-state index contributed by atoms with van der Waals surface area (Å²) in [5, 5.41) is 0. The van der Waals surface area contributed by atoms with Crippen LogP contribution in [0.3, 0.4) is 0 Å². The van der Waals surface area contributed by atoms with Gasteiger partial charge < -0.3 is 14.2 Å². The van der Waals surface area contributed by atoms with E-state index in [1.807, 2.05) is 19.9 Å². The summed E-state index contributed by atoms with van der Waals surface area (Å²) in [5.74, 6) is -1.49. The Morgan fingerprint density at radius 2 is 2.04 bits per heavy atom. The van der Waals surface area contributed by atoms with Crippen LogP contribution in [0.1, 0.15) is 27.2 Å². The Balaban J connectivity index is 1.72. The zero-order valence-corrected chi connectivity index (χ0v) is 14.6. The van der Waals surface area contributed by atoms with Gasteiger partial charge in [0.2, 0.25) is 0 Å². The SMILES string of the molecule is C=C1C(=O)O[C@@H]2[C@@H]1[C@@H](OC(=O)[C@]1(C)CO1)C[C@@H](C)[C@@H]1C=CC(=O)[C@@]21C. The highest BCUT2D eigenvalue weighted by atomic mass is 16.6. The maximum absolute atomic E-state index is 12.6. The van der Waals surface area contributed by atoms with Crippen molar-refractivity contribution in [3.63, 3.8) is 0 Å². The van der Waals surface area contributed by atoms with Gasteiger partial charge in [0.05, 0.1) is 17.9 Å². The van der Waals surface area contributed by atoms with E-state index in [0.29, 0.717) is 13.0 Å². The quantitative estimate of drug-likeness (QED) is 0.429. The van der Waals surface area contributed by atoms with Gasteiger partial charge in [-0.15, -0.1) is 0 Å². The Hall–Kier alpha value is -1.95. The van der Waals surface area contributed by atoms with Crippen LogP contribution < -0.4 is 0 Å². The fraction of sp³-hybridized carbons (Fsp3) is 0.632. The summed E-state index contributed by atoms with van der Waals surface area (Å²) in [4.78, 5) is 37.2. The lowest BCUT2D eigenvalue weighted by molar-refractivity contribution is -0.160. The number of ketones is 1. The molecule has 0 aromatic heterocycles. The van der Waals surface area contributed by atoms with E-state index >= 15 is 0 Å². The molecule has 4 aliphatic rings. The normalized spacial score (nSPS) is 47.8. The second-order valence-electron chi connectivity index (χ2n) is 8.09. The summed E-state index contributed by atoms with van der Waals surface area (Å²) in [5.41, 5.74) is -1.47. The van der Waals surface area contributed by atoms with Crippen LogP contribution in [0.15, 0.2) is 24.3 Å². The number of hydrogen-bond donors (Lipinski definition) is 0. The van der Waals surface area contributed by atoms with E-state index in [9.17, 15) is 14.4 Å². The number of hydrogen-bond acceptors (Lipinski definition) is 6. The molecule has 25 heavy (non-hydrogen) atoms. The van der Waals surface area contributed by atoms with Crippen LogP contribution in [0.4, 0.5) is 0 Å². The summed E-state index contributed by atoms with van der Waals surface area (Å²) in [6.45, 7) is 9.76. The maximum atomic E-state index is 12.6. The molecular weight excluding hydrogens is 324 g/mol. The second kappa shape index (κ2) is 5.04. The molecule has 0 radical (unpaired) electrons. The minimum Gasteiger partial charge on any atom is -0.459 e. The number of fused-ring (bicyclic) bond motifs is 3. The van der Waals surface area contributed by atoms with Gasteiger partial charge in [0.1, 0.15) is 12.2 Å². The van der Waals surface area contributed by atoms with Crippen molar-refractivity contribution in [3.05, 3.63) is 24.3 Å². The van der Waals surface area contributed by atoms with Crippen LogP contribution in [-0.4, -0.2) is 42.1 Å². The van der Waals surface area contributed by atoms with Gasteiger partial charge in [0.15, 0.2) is 11.4 Å². The number of epoxide rings is 1. The highest BCUT2D eigenvalue weighted by molar-refractivity contribution is 6.00. The van der Waals surface area contributed by atoms with Crippen LogP contribution in [0.5, 0.6) is 0 Å². The maximum Gasteiger partial charge on any atom is 0.340 e. The van der Waals surface area contributed by atoms with Gasteiger partial charge in [0.25, 0.3) is 0 Å². The molecule has 134 valence electrons. The van der Waals surface area contributed by atoms with Crippen LogP contribution in [0.25, 0.3) is 0 Å². The first-order valence-corrected chi connectivity index (χ1v) is 8.66. The van der Waals surface area contributed by atoms with Crippen molar-refractivity contribution in [2.45, 2.75) is 45.0 Å². The smallest absolute Gasteiger partial charge is 0.340 e. The number of esters is 2. The van der Waals surface area contributed by atoms with Crippen LogP contribution in [-0.2, 0) is 28.6 Å². The molecule has 1 saturated carbocycles. The zero-order chi connectivity index (χ0) is 18.1. The van der Waals surface area contributed by atoms with Crippen molar-refractivity contribution >= 4 is 17.7 Å². The topological polar surface area (TPSA) is 82.2 Å². The molecule has 6 nitrogen and oxygen atoms in total. The van der Waals surface area contributed by atoms with Gasteiger partial charge >= 0.3 is 11.9 Å². The van der Waals surface area contributed by atoms with Gasteiger partial charge in [-0.25, -0.2) is 9.59 Å². The number of allylic oxidation sites excluding steroid dienone is 2. The van der Waals surface area contributed by atoms with Crippen LogP contribution >= 0.6 is 0 Å². The first-order chi connectivity index (χ1) is 11.7. The summed E-state index contributed by atoms with van der Waals surface area (Å²) < 4.78 is 16.5. The molecule has 2 aliphatic heterocycles. The molecule has 2 aliphatic carbocycles. The molecule has 0 aromatic rings.